The van der Waals surface area contributed by atoms with E-state index in [1.165, 1.54) is 26.4 Å². The minimum Gasteiger partial charge on any atom is -0.493 e. The molecule has 0 aliphatic carbocycles. The van der Waals surface area contributed by atoms with E-state index in [9.17, 15) is 9.18 Å². The van der Waals surface area contributed by atoms with Gasteiger partial charge >= 0.3 is 0 Å². The Hall–Kier alpha value is -1.82. The predicted molar refractivity (Wildman–Crippen MR) is 77.5 cm³/mol. The molecule has 0 saturated carbocycles. The van der Waals surface area contributed by atoms with Crippen molar-refractivity contribution in [3.63, 3.8) is 0 Å². The lowest BCUT2D eigenvalue weighted by atomic mass is 10.1. The Morgan fingerprint density at radius 3 is 2.24 bits per heavy atom. The number of ether oxygens (including phenoxy) is 2. The number of amides is 1. The molecule has 1 saturated heterocycles. The number of rotatable bonds is 3. The number of hydrogen-bond donors (Lipinski definition) is 1. The molecule has 1 aliphatic heterocycles. The number of hydrogen-bond acceptors (Lipinski definition) is 4. The van der Waals surface area contributed by atoms with Gasteiger partial charge in [-0.2, -0.15) is 0 Å². The molecule has 0 spiro atoms. The monoisotopic (exact) mass is 296 g/mol. The molecule has 6 heteroatoms. The second-order valence-electron chi connectivity index (χ2n) is 5.37. The number of methoxy groups -OCH3 is 2. The van der Waals surface area contributed by atoms with Crippen molar-refractivity contribution >= 4 is 5.91 Å². The third-order valence-corrected chi connectivity index (χ3v) is 3.55. The van der Waals surface area contributed by atoms with Crippen LogP contribution in [0.1, 0.15) is 24.2 Å². The molecule has 1 aromatic rings. The summed E-state index contributed by atoms with van der Waals surface area (Å²) in [5.41, 5.74) is 0.00829. The van der Waals surface area contributed by atoms with Crippen LogP contribution in [0, 0.1) is 5.82 Å². The summed E-state index contributed by atoms with van der Waals surface area (Å²) in [6.45, 7) is 5.11. The van der Waals surface area contributed by atoms with Crippen LogP contribution in [-0.4, -0.2) is 50.2 Å². The number of nitrogens with one attached hydrogen (secondary N) is 1. The molecule has 1 aliphatic rings. The van der Waals surface area contributed by atoms with Gasteiger partial charge < -0.3 is 19.7 Å². The van der Waals surface area contributed by atoms with Crippen molar-refractivity contribution in [3.8, 4) is 11.5 Å². The number of nitrogens with zero attached hydrogens (tertiary/aromatic N) is 1. The Bertz CT molecular complexity index is 526. The first-order chi connectivity index (χ1) is 9.96. The van der Waals surface area contributed by atoms with E-state index in [0.29, 0.717) is 18.8 Å². The number of benzene rings is 1. The van der Waals surface area contributed by atoms with E-state index in [0.717, 1.165) is 0 Å². The second kappa shape index (κ2) is 6.30. The summed E-state index contributed by atoms with van der Waals surface area (Å²) >= 11 is 0. The predicted octanol–water partition coefficient (Wildman–Crippen LogP) is 1.67. The lowest BCUT2D eigenvalue weighted by Gasteiger charge is -2.36. The molecule has 1 heterocycles. The first-order valence-corrected chi connectivity index (χ1v) is 6.93. The molecule has 1 amide bonds. The van der Waals surface area contributed by atoms with Gasteiger partial charge in [0.2, 0.25) is 0 Å². The van der Waals surface area contributed by atoms with Gasteiger partial charge in [0.05, 0.1) is 19.8 Å². The fourth-order valence-electron chi connectivity index (χ4n) is 2.68. The van der Waals surface area contributed by atoms with Crippen LogP contribution in [-0.2, 0) is 0 Å². The molecule has 1 N–H and O–H groups in total. The molecule has 0 bridgehead atoms. The maximum Gasteiger partial charge on any atom is 0.257 e. The van der Waals surface area contributed by atoms with Crippen LogP contribution < -0.4 is 14.8 Å². The molecule has 1 fully saturated rings. The summed E-state index contributed by atoms with van der Waals surface area (Å²) in [5.74, 6) is -0.308. The van der Waals surface area contributed by atoms with Crippen LogP contribution in [0.2, 0.25) is 0 Å². The van der Waals surface area contributed by atoms with E-state index < -0.39 is 5.82 Å². The van der Waals surface area contributed by atoms with Crippen LogP contribution in [0.3, 0.4) is 0 Å². The molecule has 0 radical (unpaired) electrons. The zero-order valence-corrected chi connectivity index (χ0v) is 12.8. The fraction of sp³-hybridized carbons (Fsp3) is 0.533. The van der Waals surface area contributed by atoms with Crippen LogP contribution in [0.25, 0.3) is 0 Å². The first kappa shape index (κ1) is 15.6. The lowest BCUT2D eigenvalue weighted by molar-refractivity contribution is 0.0668. The van der Waals surface area contributed by atoms with Gasteiger partial charge in [0, 0.05) is 31.2 Å². The Labute approximate surface area is 124 Å². The number of carbonyl (C=O) groups is 1. The van der Waals surface area contributed by atoms with Crippen molar-refractivity contribution in [1.82, 2.24) is 10.2 Å². The standard InChI is InChI=1S/C15H21FN2O3/c1-9-7-18(8-10(2)17-9)15(19)11-5-13(20-3)14(21-4)6-12(11)16/h5-6,9-10,17H,7-8H2,1-4H3/t9-,10+. The third kappa shape index (κ3) is 3.26. The first-order valence-electron chi connectivity index (χ1n) is 6.93. The zero-order valence-electron chi connectivity index (χ0n) is 12.8. The van der Waals surface area contributed by atoms with Gasteiger partial charge in [-0.05, 0) is 19.9 Å². The fourth-order valence-corrected chi connectivity index (χ4v) is 2.68. The molecular weight excluding hydrogens is 275 g/mol. The highest BCUT2D eigenvalue weighted by Gasteiger charge is 2.28. The Morgan fingerprint density at radius 2 is 1.71 bits per heavy atom. The van der Waals surface area contributed by atoms with E-state index in [2.05, 4.69) is 5.32 Å². The molecule has 116 valence electrons. The quantitative estimate of drug-likeness (QED) is 0.922. The zero-order chi connectivity index (χ0) is 15.6. The highest BCUT2D eigenvalue weighted by molar-refractivity contribution is 5.95. The highest BCUT2D eigenvalue weighted by atomic mass is 19.1. The van der Waals surface area contributed by atoms with E-state index >= 15 is 0 Å². The third-order valence-electron chi connectivity index (χ3n) is 3.55. The lowest BCUT2D eigenvalue weighted by Crippen LogP contribution is -2.55. The van der Waals surface area contributed by atoms with Gasteiger partial charge in [-0.25, -0.2) is 4.39 Å². The summed E-state index contributed by atoms with van der Waals surface area (Å²) in [4.78, 5) is 14.2. The van der Waals surface area contributed by atoms with Crippen LogP contribution in [0.4, 0.5) is 4.39 Å². The SMILES string of the molecule is COc1cc(F)c(C(=O)N2C[C@@H](C)N[C@@H](C)C2)cc1OC. The summed E-state index contributed by atoms with van der Waals surface area (Å²) < 4.78 is 24.3. The highest BCUT2D eigenvalue weighted by Crippen LogP contribution is 2.30. The molecule has 21 heavy (non-hydrogen) atoms. The van der Waals surface area contributed by atoms with Crippen molar-refractivity contribution < 1.29 is 18.7 Å². The van der Waals surface area contributed by atoms with Crippen LogP contribution in [0.15, 0.2) is 12.1 Å². The van der Waals surface area contributed by atoms with Crippen molar-refractivity contribution in [2.24, 2.45) is 0 Å². The molecular formula is C15H21FN2O3. The largest absolute Gasteiger partial charge is 0.493 e. The average molecular weight is 296 g/mol. The molecule has 2 atom stereocenters. The number of piperazine rings is 1. The van der Waals surface area contributed by atoms with Gasteiger partial charge in [0.15, 0.2) is 11.5 Å². The number of carbonyl (C=O) groups excluding carboxylic acids is 1. The van der Waals surface area contributed by atoms with Gasteiger partial charge in [-0.1, -0.05) is 0 Å². The minimum atomic E-state index is -0.600. The Kier molecular flexibility index (Phi) is 4.67. The van der Waals surface area contributed by atoms with E-state index in [-0.39, 0.29) is 29.3 Å². The van der Waals surface area contributed by atoms with E-state index in [4.69, 9.17) is 9.47 Å². The van der Waals surface area contributed by atoms with Gasteiger partial charge in [-0.3, -0.25) is 4.79 Å². The van der Waals surface area contributed by atoms with Crippen molar-refractivity contribution in [1.29, 1.82) is 0 Å². The van der Waals surface area contributed by atoms with Gasteiger partial charge in [0.1, 0.15) is 5.82 Å². The van der Waals surface area contributed by atoms with Crippen LogP contribution >= 0.6 is 0 Å². The molecule has 5 nitrogen and oxygen atoms in total. The summed E-state index contributed by atoms with van der Waals surface area (Å²) in [6, 6.07) is 2.94. The molecule has 1 aromatic carbocycles. The number of halogens is 1. The van der Waals surface area contributed by atoms with Gasteiger partial charge in [-0.15, -0.1) is 0 Å². The average Bonchev–Trinajstić information content (AvgIpc) is 2.45. The summed E-state index contributed by atoms with van der Waals surface area (Å²) in [7, 11) is 2.89. The normalized spacial score (nSPS) is 22.0. The van der Waals surface area contributed by atoms with E-state index in [1.54, 1.807) is 4.90 Å². The van der Waals surface area contributed by atoms with Crippen molar-refractivity contribution in [3.05, 3.63) is 23.5 Å². The maximum atomic E-state index is 14.2. The second-order valence-corrected chi connectivity index (χ2v) is 5.37. The molecule has 0 aromatic heterocycles. The minimum absolute atomic E-state index is 0.00829. The van der Waals surface area contributed by atoms with E-state index in [1.807, 2.05) is 13.8 Å². The van der Waals surface area contributed by atoms with Gasteiger partial charge in [0.25, 0.3) is 5.91 Å². The maximum absolute atomic E-state index is 14.2. The Balaban J connectivity index is 2.30. The summed E-state index contributed by atoms with van der Waals surface area (Å²) in [5, 5.41) is 3.34. The van der Waals surface area contributed by atoms with Crippen LogP contribution in [0.5, 0.6) is 11.5 Å². The van der Waals surface area contributed by atoms with Crippen molar-refractivity contribution in [2.75, 3.05) is 27.3 Å². The summed E-state index contributed by atoms with van der Waals surface area (Å²) in [6.07, 6.45) is 0. The molecule has 0 unspecified atom stereocenters. The molecule has 2 rings (SSSR count). The smallest absolute Gasteiger partial charge is 0.257 e. The topological polar surface area (TPSA) is 50.8 Å². The van der Waals surface area contributed by atoms with Crippen molar-refractivity contribution in [2.45, 2.75) is 25.9 Å². The Morgan fingerprint density at radius 1 is 1.19 bits per heavy atom.